The van der Waals surface area contributed by atoms with Gasteiger partial charge in [-0.05, 0) is 45.4 Å². The zero-order valence-corrected chi connectivity index (χ0v) is 18.2. The molecule has 2 aliphatic heterocycles. The summed E-state index contributed by atoms with van der Waals surface area (Å²) in [5.74, 6) is 1.50. The van der Waals surface area contributed by atoms with E-state index >= 15 is 0 Å². The molecule has 0 aromatic heterocycles. The van der Waals surface area contributed by atoms with Crippen molar-refractivity contribution in [3.63, 3.8) is 0 Å². The van der Waals surface area contributed by atoms with E-state index in [-0.39, 0.29) is 5.92 Å². The molecule has 1 aliphatic carbocycles. The lowest BCUT2D eigenvalue weighted by atomic mass is 9.88. The Hall–Kier alpha value is -1.34. The van der Waals surface area contributed by atoms with Gasteiger partial charge in [0.1, 0.15) is 0 Å². The third-order valence-electron chi connectivity index (χ3n) is 6.23. The number of guanidine groups is 1. The Labute approximate surface area is 176 Å². The van der Waals surface area contributed by atoms with Crippen molar-refractivity contribution in [3.05, 3.63) is 0 Å². The Morgan fingerprint density at radius 1 is 1.14 bits per heavy atom. The lowest BCUT2D eigenvalue weighted by Gasteiger charge is -2.26. The molecule has 3 rings (SSSR count). The van der Waals surface area contributed by atoms with Crippen LogP contribution in [0.2, 0.25) is 0 Å². The molecule has 3 aliphatic rings. The second-order valence-corrected chi connectivity index (χ2v) is 8.55. The predicted molar refractivity (Wildman–Crippen MR) is 115 cm³/mol. The number of amides is 1. The van der Waals surface area contributed by atoms with Crippen molar-refractivity contribution in [2.45, 2.75) is 76.9 Å². The van der Waals surface area contributed by atoms with Gasteiger partial charge in [-0.3, -0.25) is 9.79 Å². The summed E-state index contributed by atoms with van der Waals surface area (Å²) in [4.78, 5) is 19.5. The highest BCUT2D eigenvalue weighted by atomic mass is 16.5. The van der Waals surface area contributed by atoms with Gasteiger partial charge in [0, 0.05) is 58.0 Å². The van der Waals surface area contributed by atoms with Crippen LogP contribution in [0.25, 0.3) is 0 Å². The van der Waals surface area contributed by atoms with Gasteiger partial charge in [0.25, 0.3) is 0 Å². The molecule has 7 nitrogen and oxygen atoms in total. The number of rotatable bonds is 8. The average molecular weight is 409 g/mol. The van der Waals surface area contributed by atoms with Crippen LogP contribution in [0.1, 0.15) is 64.7 Å². The normalized spacial score (nSPS) is 24.7. The van der Waals surface area contributed by atoms with Gasteiger partial charge in [-0.2, -0.15) is 0 Å². The van der Waals surface area contributed by atoms with Crippen LogP contribution in [0.5, 0.6) is 0 Å². The second-order valence-electron chi connectivity index (χ2n) is 8.55. The molecule has 1 amide bonds. The van der Waals surface area contributed by atoms with Crippen molar-refractivity contribution < 1.29 is 14.3 Å². The lowest BCUT2D eigenvalue weighted by Crippen LogP contribution is -2.45. The van der Waals surface area contributed by atoms with Crippen molar-refractivity contribution in [2.75, 3.05) is 46.0 Å². The molecule has 2 saturated heterocycles. The highest BCUT2D eigenvalue weighted by molar-refractivity contribution is 5.81. The van der Waals surface area contributed by atoms with Crippen LogP contribution >= 0.6 is 0 Å². The fraction of sp³-hybridized carbons (Fsp3) is 0.909. The number of aliphatic imine (C=N–C) groups is 1. The average Bonchev–Trinajstić information content (AvgIpc) is 3.23. The van der Waals surface area contributed by atoms with Crippen molar-refractivity contribution in [1.29, 1.82) is 0 Å². The molecule has 2 heterocycles. The summed E-state index contributed by atoms with van der Waals surface area (Å²) in [5.41, 5.74) is 0. The van der Waals surface area contributed by atoms with Crippen molar-refractivity contribution >= 4 is 11.9 Å². The van der Waals surface area contributed by atoms with E-state index in [9.17, 15) is 4.79 Å². The Morgan fingerprint density at radius 3 is 2.69 bits per heavy atom. The largest absolute Gasteiger partial charge is 0.381 e. The summed E-state index contributed by atoms with van der Waals surface area (Å²) in [5, 5.41) is 6.87. The molecule has 0 radical (unpaired) electrons. The van der Waals surface area contributed by atoms with Crippen molar-refractivity contribution in [3.8, 4) is 0 Å². The molecule has 0 spiro atoms. The van der Waals surface area contributed by atoms with Crippen molar-refractivity contribution in [2.24, 2.45) is 10.9 Å². The van der Waals surface area contributed by atoms with Crippen LogP contribution < -0.4 is 10.6 Å². The van der Waals surface area contributed by atoms with Crippen LogP contribution in [0.15, 0.2) is 4.99 Å². The van der Waals surface area contributed by atoms with E-state index in [0.717, 1.165) is 90.5 Å². The minimum atomic E-state index is 0.264. The van der Waals surface area contributed by atoms with Crippen LogP contribution in [0.3, 0.4) is 0 Å². The number of nitrogens with zero attached hydrogens (tertiary/aromatic N) is 2. The number of carbonyl (C=O) groups excluding carboxylic acids is 1. The minimum absolute atomic E-state index is 0.264. The maximum atomic E-state index is 12.8. The summed E-state index contributed by atoms with van der Waals surface area (Å²) in [6, 6.07) is 0.291. The van der Waals surface area contributed by atoms with E-state index in [1.807, 2.05) is 0 Å². The quantitative estimate of drug-likeness (QED) is 0.366. The molecule has 3 fully saturated rings. The number of nitrogens with one attached hydrogen (secondary N) is 2. The van der Waals surface area contributed by atoms with Gasteiger partial charge >= 0.3 is 0 Å². The molecule has 166 valence electrons. The molecular weight excluding hydrogens is 368 g/mol. The number of hydrogen-bond acceptors (Lipinski definition) is 4. The third-order valence-corrected chi connectivity index (χ3v) is 6.23. The highest BCUT2D eigenvalue weighted by Crippen LogP contribution is 2.26. The maximum absolute atomic E-state index is 12.8. The monoisotopic (exact) mass is 408 g/mol. The van der Waals surface area contributed by atoms with Crippen LogP contribution in [0, 0.1) is 5.92 Å². The Bertz CT molecular complexity index is 516. The Balaban J connectivity index is 1.36. The summed E-state index contributed by atoms with van der Waals surface area (Å²) in [6.07, 6.45) is 10.1. The summed E-state index contributed by atoms with van der Waals surface area (Å²) < 4.78 is 11.3. The van der Waals surface area contributed by atoms with Crippen molar-refractivity contribution in [1.82, 2.24) is 15.5 Å². The van der Waals surface area contributed by atoms with Gasteiger partial charge in [0.05, 0.1) is 6.10 Å². The second kappa shape index (κ2) is 12.4. The zero-order valence-electron chi connectivity index (χ0n) is 18.2. The topological polar surface area (TPSA) is 75.2 Å². The molecule has 1 atom stereocenters. The first-order chi connectivity index (χ1) is 14.3. The van der Waals surface area contributed by atoms with Gasteiger partial charge < -0.3 is 25.0 Å². The first-order valence-corrected chi connectivity index (χ1v) is 11.8. The fourth-order valence-electron chi connectivity index (χ4n) is 4.55. The molecule has 29 heavy (non-hydrogen) atoms. The van der Waals surface area contributed by atoms with Gasteiger partial charge in [-0.25, -0.2) is 0 Å². The van der Waals surface area contributed by atoms with E-state index in [4.69, 9.17) is 14.5 Å². The van der Waals surface area contributed by atoms with Crippen LogP contribution in [0.4, 0.5) is 0 Å². The zero-order chi connectivity index (χ0) is 20.3. The molecule has 1 unspecified atom stereocenters. The molecule has 2 N–H and O–H groups in total. The van der Waals surface area contributed by atoms with E-state index in [2.05, 4.69) is 22.5 Å². The first-order valence-electron chi connectivity index (χ1n) is 11.8. The molecular formula is C22H40N4O3. The van der Waals surface area contributed by atoms with Crippen LogP contribution in [-0.2, 0) is 14.3 Å². The number of hydrogen-bond donors (Lipinski definition) is 2. The van der Waals surface area contributed by atoms with Gasteiger partial charge in [-0.15, -0.1) is 0 Å². The standard InChI is InChI=1S/C22H40N4O3/c1-2-23-22(24-12-6-14-29-20-10-15-28-16-11-20)25-19-9-13-26(17-19)21(27)18-7-4-3-5-8-18/h18-20H,2-17H2,1H3,(H2,23,24,25). The fourth-order valence-corrected chi connectivity index (χ4v) is 4.55. The third kappa shape index (κ3) is 7.45. The van der Waals surface area contributed by atoms with E-state index in [0.29, 0.717) is 18.1 Å². The van der Waals surface area contributed by atoms with E-state index in [1.165, 1.54) is 19.3 Å². The highest BCUT2D eigenvalue weighted by Gasteiger charge is 2.31. The van der Waals surface area contributed by atoms with Gasteiger partial charge in [0.15, 0.2) is 5.96 Å². The number of carbonyl (C=O) groups is 1. The first kappa shape index (κ1) is 22.3. The number of ether oxygens (including phenoxy) is 2. The molecule has 0 aromatic rings. The summed E-state index contributed by atoms with van der Waals surface area (Å²) in [7, 11) is 0. The molecule has 0 aromatic carbocycles. The predicted octanol–water partition coefficient (Wildman–Crippen LogP) is 2.31. The molecule has 1 saturated carbocycles. The minimum Gasteiger partial charge on any atom is -0.381 e. The summed E-state index contributed by atoms with van der Waals surface area (Å²) in [6.45, 7) is 7.72. The number of likely N-dealkylation sites (tertiary alicyclic amines) is 1. The van der Waals surface area contributed by atoms with E-state index in [1.54, 1.807) is 0 Å². The molecule has 0 bridgehead atoms. The smallest absolute Gasteiger partial charge is 0.225 e. The van der Waals surface area contributed by atoms with E-state index < -0.39 is 0 Å². The molecule has 7 heteroatoms. The maximum Gasteiger partial charge on any atom is 0.225 e. The van der Waals surface area contributed by atoms with Crippen LogP contribution in [-0.4, -0.2) is 74.9 Å². The van der Waals surface area contributed by atoms with Gasteiger partial charge in [-0.1, -0.05) is 19.3 Å². The van der Waals surface area contributed by atoms with Gasteiger partial charge in [0.2, 0.25) is 5.91 Å². The lowest BCUT2D eigenvalue weighted by molar-refractivity contribution is -0.135. The summed E-state index contributed by atoms with van der Waals surface area (Å²) >= 11 is 0. The Kier molecular flexibility index (Phi) is 9.54. The Morgan fingerprint density at radius 2 is 1.93 bits per heavy atom. The SMILES string of the molecule is CCNC(=NCCCOC1CCOCC1)NC1CCN(C(=O)C2CCCCC2)C1.